The van der Waals surface area contributed by atoms with Gasteiger partial charge in [-0.25, -0.2) is 0 Å². The number of thiophene rings is 1. The minimum atomic E-state index is -0.352. The third-order valence-corrected chi connectivity index (χ3v) is 6.18. The van der Waals surface area contributed by atoms with E-state index in [4.69, 9.17) is 13.9 Å². The van der Waals surface area contributed by atoms with E-state index in [2.05, 4.69) is 15.2 Å². The normalized spacial score (nSPS) is 11.0. The Hall–Kier alpha value is -2.70. The fraction of sp³-hybridized carbons (Fsp3) is 0.200. The molecule has 7 nitrogen and oxygen atoms in total. The van der Waals surface area contributed by atoms with E-state index in [-0.39, 0.29) is 5.97 Å². The number of aromatic nitrogens is 3. The first-order valence-electron chi connectivity index (χ1n) is 8.91. The van der Waals surface area contributed by atoms with E-state index in [9.17, 15) is 4.79 Å². The average molecular weight is 471 g/mol. The van der Waals surface area contributed by atoms with Crippen molar-refractivity contribution in [2.75, 3.05) is 6.61 Å². The van der Waals surface area contributed by atoms with Gasteiger partial charge in [0.1, 0.15) is 0 Å². The molecule has 0 bridgehead atoms. The number of hydrogen-bond acceptors (Lipinski definition) is 8. The maximum absolute atomic E-state index is 12.2. The molecule has 0 spiro atoms. The van der Waals surface area contributed by atoms with E-state index in [0.717, 1.165) is 25.7 Å². The Bertz CT molecular complexity index is 1190. The molecule has 1 unspecified atom stereocenters. The summed E-state index contributed by atoms with van der Waals surface area (Å²) in [6.45, 7) is 4.23. The molecule has 0 aliphatic carbocycles. The van der Waals surface area contributed by atoms with Gasteiger partial charge in [0.2, 0.25) is 0 Å². The molecule has 0 saturated carbocycles. The van der Waals surface area contributed by atoms with Gasteiger partial charge in [0, 0.05) is 0 Å². The third-order valence-electron chi connectivity index (χ3n) is 4.20. The van der Waals surface area contributed by atoms with Gasteiger partial charge in [0.25, 0.3) is 0 Å². The number of rotatable bonds is 6. The zero-order valence-corrected chi connectivity index (χ0v) is 19.1. The number of ether oxygens (including phenoxy) is 2. The van der Waals surface area contributed by atoms with Gasteiger partial charge in [-0.15, -0.1) is 0 Å². The first-order chi connectivity index (χ1) is 14.1. The van der Waals surface area contributed by atoms with E-state index in [0.29, 0.717) is 36.3 Å². The standard InChI is InChI=1S/C20H18AsN3O4S/c1-3-26-20(25)15-8-22-18(21)16-13(10-29-17(15)16)9-27-14-6-4-5-12(7-14)19-24-23-11(2)28-19/h4-8,10H,3,9,21H2,1-2H3. The fourth-order valence-electron chi connectivity index (χ4n) is 2.88. The van der Waals surface area contributed by atoms with Crippen LogP contribution in [0.2, 0.25) is 0 Å². The quantitative estimate of drug-likeness (QED) is 0.316. The second kappa shape index (κ2) is 8.35. The molecule has 0 N–H and O–H groups in total. The Balaban J connectivity index is 1.59. The van der Waals surface area contributed by atoms with E-state index < -0.39 is 0 Å². The first kappa shape index (κ1) is 19.6. The predicted octanol–water partition coefficient (Wildman–Crippen LogP) is 2.67. The van der Waals surface area contributed by atoms with Crippen LogP contribution < -0.4 is 9.22 Å². The molecule has 1 atom stereocenters. The third kappa shape index (κ3) is 4.04. The second-order valence-corrected chi connectivity index (χ2v) is 8.21. The van der Waals surface area contributed by atoms with Crippen molar-refractivity contribution in [1.82, 2.24) is 15.2 Å². The van der Waals surface area contributed by atoms with E-state index in [1.807, 2.05) is 29.6 Å². The van der Waals surface area contributed by atoms with Gasteiger partial charge in [0.15, 0.2) is 0 Å². The molecule has 3 heterocycles. The van der Waals surface area contributed by atoms with Crippen LogP contribution in [0, 0.1) is 6.92 Å². The number of carbonyl (C=O) groups is 1. The number of nitrogens with zero attached hydrogens (tertiary/aromatic N) is 3. The number of pyridine rings is 1. The van der Waals surface area contributed by atoms with Crippen LogP contribution in [0.15, 0.2) is 40.3 Å². The molecule has 29 heavy (non-hydrogen) atoms. The Morgan fingerprint density at radius 3 is 2.93 bits per heavy atom. The van der Waals surface area contributed by atoms with Gasteiger partial charge in [-0.3, -0.25) is 0 Å². The van der Waals surface area contributed by atoms with E-state index >= 15 is 0 Å². The van der Waals surface area contributed by atoms with Crippen molar-refractivity contribution in [3.8, 4) is 17.2 Å². The number of fused-ring (bicyclic) bond motifs is 1. The molecule has 0 amide bonds. The van der Waals surface area contributed by atoms with Crippen molar-refractivity contribution in [3.05, 3.63) is 52.9 Å². The summed E-state index contributed by atoms with van der Waals surface area (Å²) in [6, 6.07) is 7.51. The summed E-state index contributed by atoms with van der Waals surface area (Å²) in [4.78, 5) is 16.6. The van der Waals surface area contributed by atoms with Crippen molar-refractivity contribution >= 4 is 48.7 Å². The Morgan fingerprint density at radius 2 is 2.17 bits per heavy atom. The zero-order valence-electron chi connectivity index (χ0n) is 15.8. The molecule has 0 saturated heterocycles. The predicted molar refractivity (Wildman–Crippen MR) is 113 cm³/mol. The van der Waals surface area contributed by atoms with E-state index in [1.165, 1.54) is 28.2 Å². The van der Waals surface area contributed by atoms with Crippen LogP contribution in [0.25, 0.3) is 21.5 Å². The summed E-state index contributed by atoms with van der Waals surface area (Å²) >= 11 is 2.91. The number of carbonyl (C=O) groups excluding carboxylic acids is 1. The summed E-state index contributed by atoms with van der Waals surface area (Å²) in [7, 11) is 0. The van der Waals surface area contributed by atoms with Gasteiger partial charge in [-0.05, 0) is 0 Å². The summed E-state index contributed by atoms with van der Waals surface area (Å²) in [6.07, 6.45) is 1.59. The molecule has 1 aromatic carbocycles. The van der Waals surface area contributed by atoms with Gasteiger partial charge in [-0.2, -0.15) is 0 Å². The van der Waals surface area contributed by atoms with E-state index in [1.54, 1.807) is 20.0 Å². The average Bonchev–Trinajstić information content (AvgIpc) is 3.34. The number of esters is 1. The molecule has 4 aromatic rings. The monoisotopic (exact) mass is 471 g/mol. The molecule has 0 aliphatic rings. The SMILES string of the molecule is CCOC(=O)c1cnc([AsH2])c2c(COc3cccc(-c4nnc(C)o4)c3)csc12. The molecular formula is C20H18AsN3O4S. The molecule has 4 rings (SSSR count). The van der Waals surface area contributed by atoms with Gasteiger partial charge < -0.3 is 0 Å². The molecule has 3 aromatic heterocycles. The Morgan fingerprint density at radius 1 is 1.31 bits per heavy atom. The molecule has 0 radical (unpaired) electrons. The number of benzene rings is 1. The number of aryl methyl sites for hydroxylation is 1. The summed E-state index contributed by atoms with van der Waals surface area (Å²) in [5, 5.41) is 10.9. The molecule has 9 heteroatoms. The molecule has 0 fully saturated rings. The fourth-order valence-corrected chi connectivity index (χ4v) is 5.01. The van der Waals surface area contributed by atoms with Crippen molar-refractivity contribution in [2.24, 2.45) is 0 Å². The maximum atomic E-state index is 12.2. The van der Waals surface area contributed by atoms with Crippen LogP contribution in [0.5, 0.6) is 5.75 Å². The van der Waals surface area contributed by atoms with Crippen molar-refractivity contribution in [2.45, 2.75) is 20.5 Å². The zero-order chi connectivity index (χ0) is 20.4. The van der Waals surface area contributed by atoms with Crippen LogP contribution in [0.3, 0.4) is 0 Å². The van der Waals surface area contributed by atoms with Crippen LogP contribution in [0.1, 0.15) is 28.7 Å². The second-order valence-electron chi connectivity index (χ2n) is 6.19. The first-order valence-corrected chi connectivity index (χ1v) is 11.0. The Labute approximate surface area is 179 Å². The summed E-state index contributed by atoms with van der Waals surface area (Å²) < 4.78 is 18.4. The van der Waals surface area contributed by atoms with Crippen LogP contribution in [-0.2, 0) is 11.3 Å². The van der Waals surface area contributed by atoms with Crippen LogP contribution in [-0.4, -0.2) is 44.6 Å². The van der Waals surface area contributed by atoms with Crippen LogP contribution >= 0.6 is 11.3 Å². The van der Waals surface area contributed by atoms with Crippen LogP contribution in [0.4, 0.5) is 0 Å². The minimum absolute atomic E-state index is 0.329. The van der Waals surface area contributed by atoms with Gasteiger partial charge in [0.05, 0.1) is 0 Å². The molecule has 148 valence electrons. The molecule has 0 aliphatic heterocycles. The summed E-state index contributed by atoms with van der Waals surface area (Å²) in [5.41, 5.74) is 2.28. The van der Waals surface area contributed by atoms with Gasteiger partial charge in [-0.1, -0.05) is 0 Å². The Kier molecular flexibility index (Phi) is 5.64. The molecular weight excluding hydrogens is 453 g/mol. The van der Waals surface area contributed by atoms with Crippen molar-refractivity contribution < 1.29 is 18.7 Å². The van der Waals surface area contributed by atoms with Crippen molar-refractivity contribution in [3.63, 3.8) is 0 Å². The van der Waals surface area contributed by atoms with Gasteiger partial charge >= 0.3 is 180 Å². The number of hydrogen-bond donors (Lipinski definition) is 0. The van der Waals surface area contributed by atoms with Crippen molar-refractivity contribution in [1.29, 1.82) is 0 Å². The summed E-state index contributed by atoms with van der Waals surface area (Å²) in [5.74, 6) is 1.30. The topological polar surface area (TPSA) is 87.3 Å².